The highest BCUT2D eigenvalue weighted by Crippen LogP contribution is 2.29. The molecule has 0 bridgehead atoms. The Morgan fingerprint density at radius 3 is 2.27 bits per heavy atom. The van der Waals surface area contributed by atoms with E-state index in [0.717, 1.165) is 0 Å². The first-order valence-electron chi connectivity index (χ1n) is 8.13. The van der Waals surface area contributed by atoms with Crippen molar-refractivity contribution >= 4 is 40.7 Å². The topological polar surface area (TPSA) is 46.6 Å². The molecule has 0 aromatic heterocycles. The lowest BCUT2D eigenvalue weighted by Crippen LogP contribution is -2.44. The van der Waals surface area contributed by atoms with Crippen LogP contribution in [0.5, 0.6) is 0 Å². The van der Waals surface area contributed by atoms with Gasteiger partial charge in [-0.25, -0.2) is 0 Å². The minimum Gasteiger partial charge on any atom is -0.417 e. The molecule has 0 saturated carbocycles. The first-order valence-corrected chi connectivity index (χ1v) is 8.13. The van der Waals surface area contributed by atoms with Gasteiger partial charge in [0.2, 0.25) is 11.8 Å². The molecule has 1 aliphatic rings. The average molecular weight is 300 g/mol. The van der Waals surface area contributed by atoms with Crippen molar-refractivity contribution in [3.05, 3.63) is 0 Å². The van der Waals surface area contributed by atoms with Crippen LogP contribution in [0.25, 0.3) is 0 Å². The number of carbonyl (C=O) groups is 2. The third kappa shape index (κ3) is 5.86. The van der Waals surface area contributed by atoms with Gasteiger partial charge in [0.15, 0.2) is 0 Å². The Balaban J connectivity index is 2.50. The van der Waals surface area contributed by atoms with E-state index in [2.05, 4.69) is 56.4 Å². The summed E-state index contributed by atoms with van der Waals surface area (Å²) < 4.78 is 5.81. The van der Waals surface area contributed by atoms with Crippen LogP contribution in [-0.4, -0.2) is 52.1 Å². The van der Waals surface area contributed by atoms with Gasteiger partial charge in [0.25, 0.3) is 0 Å². The van der Waals surface area contributed by atoms with Crippen LogP contribution in [0.4, 0.5) is 0 Å². The van der Waals surface area contributed by atoms with Crippen molar-refractivity contribution in [2.24, 2.45) is 0 Å². The number of hydrogen-bond acceptors (Lipinski definition) is 3. The summed E-state index contributed by atoms with van der Waals surface area (Å²) >= 11 is 0. The second-order valence-electron chi connectivity index (χ2n) is 7.07. The summed E-state index contributed by atoms with van der Waals surface area (Å²) in [7, 11) is 6.22. The third-order valence-electron chi connectivity index (χ3n) is 3.79. The number of rotatable bonds is 9. The Hall–Kier alpha value is -0.640. The van der Waals surface area contributed by atoms with Crippen LogP contribution in [-0.2, 0) is 14.2 Å². The fourth-order valence-corrected chi connectivity index (χ4v) is 2.69. The molecule has 0 aromatic rings. The Bertz CT molecular complexity index is 388. The quantitative estimate of drug-likeness (QED) is 0.484. The van der Waals surface area contributed by atoms with Gasteiger partial charge >= 0.3 is 7.05 Å². The van der Waals surface area contributed by atoms with Crippen LogP contribution in [0, 0.1) is 0 Å². The van der Waals surface area contributed by atoms with Crippen molar-refractivity contribution < 1.29 is 14.2 Å². The highest BCUT2D eigenvalue weighted by atomic mass is 16.4. The number of hydrogen-bond donors (Lipinski definition) is 0. The van der Waals surface area contributed by atoms with Gasteiger partial charge in [-0.05, 0) is 12.1 Å². The first kappa shape index (κ1) is 19.4. The predicted molar refractivity (Wildman–Crippen MR) is 94.7 cm³/mol. The summed E-state index contributed by atoms with van der Waals surface area (Å²) in [6.07, 6.45) is 0.608. The minimum absolute atomic E-state index is 0.132. The van der Waals surface area contributed by atoms with Crippen LogP contribution in [0.3, 0.4) is 0 Å². The number of imide groups is 1. The van der Waals surface area contributed by atoms with Gasteiger partial charge in [-0.3, -0.25) is 9.59 Å². The third-order valence-corrected chi connectivity index (χ3v) is 3.79. The zero-order valence-corrected chi connectivity index (χ0v) is 14.8. The SMILES string of the molecule is C[B]C([B]C(C)C)[B]C(C)(C)COB(C)N1C(=O)CCC1=O. The molecular formula is C14H26B4NO3. The van der Waals surface area contributed by atoms with Crippen LogP contribution in [0.1, 0.15) is 40.5 Å². The van der Waals surface area contributed by atoms with Gasteiger partial charge in [0.05, 0.1) is 14.6 Å². The summed E-state index contributed by atoms with van der Waals surface area (Å²) in [5, 5.41) is -0.136. The molecule has 1 fully saturated rings. The highest BCUT2D eigenvalue weighted by Gasteiger charge is 2.37. The molecule has 1 saturated heterocycles. The number of carbonyl (C=O) groups excluding carboxylic acids is 2. The monoisotopic (exact) mass is 300 g/mol. The van der Waals surface area contributed by atoms with Gasteiger partial charge in [0, 0.05) is 19.4 Å². The molecule has 1 aliphatic heterocycles. The van der Waals surface area contributed by atoms with Crippen LogP contribution >= 0.6 is 0 Å². The van der Waals surface area contributed by atoms with E-state index >= 15 is 0 Å². The van der Waals surface area contributed by atoms with E-state index in [1.165, 1.54) is 4.81 Å². The summed E-state index contributed by atoms with van der Waals surface area (Å²) in [4.78, 5) is 24.7. The van der Waals surface area contributed by atoms with Gasteiger partial charge in [-0.1, -0.05) is 40.3 Å². The predicted octanol–water partition coefficient (Wildman–Crippen LogP) is 2.16. The lowest BCUT2D eigenvalue weighted by atomic mass is 9.24. The maximum atomic E-state index is 11.7. The molecule has 22 heavy (non-hydrogen) atoms. The molecule has 1 unspecified atom stereocenters. The molecular weight excluding hydrogens is 273 g/mol. The maximum Gasteiger partial charge on any atom is 0.421 e. The molecule has 117 valence electrons. The van der Waals surface area contributed by atoms with E-state index in [9.17, 15) is 9.59 Å². The van der Waals surface area contributed by atoms with E-state index in [0.29, 0.717) is 30.9 Å². The molecule has 0 spiro atoms. The molecule has 8 heteroatoms. The molecule has 0 N–H and O–H groups in total. The van der Waals surface area contributed by atoms with Crippen molar-refractivity contribution in [3.63, 3.8) is 0 Å². The van der Waals surface area contributed by atoms with Crippen molar-refractivity contribution in [2.45, 2.75) is 70.9 Å². The van der Waals surface area contributed by atoms with Crippen LogP contribution in [0.15, 0.2) is 0 Å². The minimum atomic E-state index is -0.492. The second kappa shape index (κ2) is 8.28. The lowest BCUT2D eigenvalue weighted by molar-refractivity contribution is -0.133. The molecule has 0 aromatic carbocycles. The summed E-state index contributed by atoms with van der Waals surface area (Å²) in [6, 6.07) is 0. The van der Waals surface area contributed by atoms with Crippen LogP contribution < -0.4 is 0 Å². The standard InChI is InChI=1S/C14H26B4NO3/c1-10(2)16-13(15-5)17-14(3,4)9-22-18(6)19-11(20)7-8-12(19)21/h10,13H,7-9H2,1-6H3. The Kier molecular flexibility index (Phi) is 7.30. The Morgan fingerprint density at radius 1 is 1.27 bits per heavy atom. The zero-order chi connectivity index (χ0) is 16.9. The van der Waals surface area contributed by atoms with Gasteiger partial charge in [-0.15, -0.1) is 5.62 Å². The summed E-state index contributed by atoms with van der Waals surface area (Å²) in [6.45, 7) is 12.8. The van der Waals surface area contributed by atoms with Gasteiger partial charge < -0.3 is 9.47 Å². The molecule has 4 nitrogen and oxygen atoms in total. The second-order valence-corrected chi connectivity index (χ2v) is 7.07. The lowest BCUT2D eigenvalue weighted by Gasteiger charge is -2.31. The molecule has 3 radical (unpaired) electrons. The molecule has 2 amide bonds. The summed E-state index contributed by atoms with van der Waals surface area (Å²) in [5.41, 5.74) is 0.323. The van der Waals surface area contributed by atoms with Crippen LogP contribution in [0.2, 0.25) is 30.4 Å². The fraction of sp³-hybridized carbons (Fsp3) is 0.857. The fourth-order valence-electron chi connectivity index (χ4n) is 2.69. The summed E-state index contributed by atoms with van der Waals surface area (Å²) in [5.74, 6) is 0.257. The molecule has 0 aliphatic carbocycles. The normalized spacial score (nSPS) is 17.0. The van der Waals surface area contributed by atoms with E-state index < -0.39 is 7.05 Å². The van der Waals surface area contributed by atoms with E-state index in [1.807, 2.05) is 0 Å². The Labute approximate surface area is 138 Å². The molecule has 1 atom stereocenters. The van der Waals surface area contributed by atoms with Crippen molar-refractivity contribution in [1.82, 2.24) is 4.81 Å². The average Bonchev–Trinajstić information content (AvgIpc) is 2.74. The first-order chi connectivity index (χ1) is 10.2. The largest absolute Gasteiger partial charge is 0.421 e. The zero-order valence-electron chi connectivity index (χ0n) is 14.8. The van der Waals surface area contributed by atoms with Crippen molar-refractivity contribution in [2.75, 3.05) is 6.61 Å². The van der Waals surface area contributed by atoms with Gasteiger partial charge in [-0.2, -0.15) is 0 Å². The number of amides is 2. The highest BCUT2D eigenvalue weighted by molar-refractivity contribution is 6.77. The number of nitrogens with zero attached hydrogens (tertiary/aromatic N) is 1. The van der Waals surface area contributed by atoms with E-state index in [1.54, 1.807) is 6.82 Å². The van der Waals surface area contributed by atoms with Crippen molar-refractivity contribution in [1.29, 1.82) is 0 Å². The Morgan fingerprint density at radius 2 is 1.82 bits per heavy atom. The van der Waals surface area contributed by atoms with Crippen molar-refractivity contribution in [3.8, 4) is 0 Å². The van der Waals surface area contributed by atoms with E-state index in [4.69, 9.17) is 4.65 Å². The van der Waals surface area contributed by atoms with E-state index in [-0.39, 0.29) is 17.1 Å². The molecule has 1 rings (SSSR count). The smallest absolute Gasteiger partial charge is 0.417 e. The maximum absolute atomic E-state index is 11.7. The molecule has 1 heterocycles. The van der Waals surface area contributed by atoms with Gasteiger partial charge in [0.1, 0.15) is 7.28 Å².